The highest BCUT2D eigenvalue weighted by molar-refractivity contribution is 7.16. The quantitative estimate of drug-likeness (QED) is 0.0832. The number of hydrogen-bond acceptors (Lipinski definition) is 14. The minimum atomic E-state index is -0.158. The summed E-state index contributed by atoms with van der Waals surface area (Å²) in [5.41, 5.74) is 11.8. The fraction of sp³-hybridized carbons (Fsp3) is 0.476. The molecule has 0 radical (unpaired) electrons. The van der Waals surface area contributed by atoms with E-state index < -0.39 is 0 Å². The first-order chi connectivity index (χ1) is 46.7. The van der Waals surface area contributed by atoms with Gasteiger partial charge in [0.2, 0.25) is 11.8 Å². The van der Waals surface area contributed by atoms with Crippen molar-refractivity contribution >= 4 is 73.7 Å². The Balaban J connectivity index is 0.000000378. The molecule has 0 atom stereocenters. The number of ketones is 5. The van der Waals surface area contributed by atoms with Crippen LogP contribution in [0.2, 0.25) is 0 Å². The van der Waals surface area contributed by atoms with Crippen LogP contribution in [0.5, 0.6) is 0 Å². The van der Waals surface area contributed by atoms with E-state index in [-0.39, 0.29) is 49.1 Å². The number of amides is 2. The van der Waals surface area contributed by atoms with E-state index in [0.717, 1.165) is 48.7 Å². The standard InChI is InChI=1S/C13H12.2C9H12N2O2S.3C9H17NO.3C8H10/c1-11-7-9-13(10-8-11)12-5-3-2-4-6-12;2*1-6(12)3-4-8(13)11-9-10-5-7(2)14-9;3*1-9(11)5-8-10-6-3-2-4-7-10;3*1-7-3-5-8(2)6-4-7/h2-10H,1H3;2*5H,3-4H2,1-2H3,(H,10,11,13);3*2-8H2,1H3;3*3-6H,1-2H3. The van der Waals surface area contributed by atoms with Gasteiger partial charge in [0.1, 0.15) is 28.9 Å². The zero-order valence-electron chi connectivity index (χ0n) is 61.9. The molecule has 5 heterocycles. The molecule has 7 aromatic rings. The van der Waals surface area contributed by atoms with Crippen LogP contribution in [-0.2, 0) is 33.6 Å². The van der Waals surface area contributed by atoms with Gasteiger partial charge in [-0.2, -0.15) is 0 Å². The summed E-state index contributed by atoms with van der Waals surface area (Å²) < 4.78 is 0. The Hall–Kier alpha value is -7.47. The number of anilines is 2. The first-order valence-electron chi connectivity index (χ1n) is 35.1. The van der Waals surface area contributed by atoms with Crippen LogP contribution in [-0.4, -0.2) is 124 Å². The van der Waals surface area contributed by atoms with Gasteiger partial charge >= 0.3 is 0 Å². The third-order valence-corrected chi connectivity index (χ3v) is 17.3. The number of benzene rings is 5. The molecule has 0 spiro atoms. The van der Waals surface area contributed by atoms with Gasteiger partial charge in [-0.25, -0.2) is 9.97 Å². The molecule has 0 bridgehead atoms. The lowest BCUT2D eigenvalue weighted by Gasteiger charge is -2.25. The van der Waals surface area contributed by atoms with Crippen molar-refractivity contribution in [2.75, 3.05) is 69.5 Å². The van der Waals surface area contributed by atoms with E-state index >= 15 is 0 Å². The van der Waals surface area contributed by atoms with Crippen molar-refractivity contribution in [3.63, 3.8) is 0 Å². The number of likely N-dealkylation sites (tertiary alicyclic amines) is 3. The normalized spacial score (nSPS) is 13.2. The Morgan fingerprint density at radius 2 is 0.551 bits per heavy atom. The highest BCUT2D eigenvalue weighted by Gasteiger charge is 2.13. The number of Topliss-reactive ketones (excluding diaryl/α,β-unsaturated/α-hetero) is 5. The van der Waals surface area contributed by atoms with Gasteiger partial charge in [-0.1, -0.05) is 186 Å². The highest BCUT2D eigenvalue weighted by Crippen LogP contribution is 2.20. The molecule has 3 fully saturated rings. The number of rotatable bonds is 18. The Bertz CT molecular complexity index is 3000. The molecule has 2 aromatic heterocycles. The average Bonchev–Trinajstić information content (AvgIpc) is 1.70. The summed E-state index contributed by atoms with van der Waals surface area (Å²) in [7, 11) is 0. The van der Waals surface area contributed by atoms with Gasteiger partial charge in [0.15, 0.2) is 10.3 Å². The smallest absolute Gasteiger partial charge is 0.226 e. The number of aromatic nitrogens is 2. The molecule has 3 aliphatic rings. The van der Waals surface area contributed by atoms with Gasteiger partial charge < -0.3 is 34.9 Å². The topological polar surface area (TPSA) is 179 Å². The summed E-state index contributed by atoms with van der Waals surface area (Å²) in [6, 6.07) is 44.5. The van der Waals surface area contributed by atoms with Crippen molar-refractivity contribution in [2.24, 2.45) is 0 Å². The Labute approximate surface area is 597 Å². The monoisotopic (exact) mass is 1380 g/mol. The molecule has 3 aliphatic heterocycles. The van der Waals surface area contributed by atoms with Crippen LogP contribution in [0.4, 0.5) is 10.3 Å². The van der Waals surface area contributed by atoms with E-state index in [0.29, 0.717) is 27.6 Å². The highest BCUT2D eigenvalue weighted by atomic mass is 32.1. The molecular formula is C82H117N7O7S2. The number of aryl methyl sites for hydroxylation is 9. The fourth-order valence-corrected chi connectivity index (χ4v) is 10.9. The van der Waals surface area contributed by atoms with Crippen molar-refractivity contribution in [1.82, 2.24) is 24.7 Å². The molecule has 14 nitrogen and oxygen atoms in total. The molecule has 2 amide bonds. The minimum Gasteiger partial charge on any atom is -0.303 e. The number of hydrogen-bond donors (Lipinski definition) is 2. The van der Waals surface area contributed by atoms with Gasteiger partial charge in [0, 0.05) is 86.7 Å². The van der Waals surface area contributed by atoms with Crippen LogP contribution in [0.25, 0.3) is 11.1 Å². The van der Waals surface area contributed by atoms with E-state index in [4.69, 9.17) is 0 Å². The molecule has 0 saturated carbocycles. The zero-order chi connectivity index (χ0) is 72.5. The SMILES string of the molecule is CC(=O)CCC(=O)Nc1ncc(C)s1.CC(=O)CCC(=O)Nc1ncc(C)s1.CC(=O)CCN1CCCCC1.CC(=O)CCN1CCCCC1.CC(=O)CCN1CCCCC1.Cc1ccc(-c2ccccc2)cc1.Cc1ccc(C)cc1.Cc1ccc(C)cc1.Cc1ccc(C)cc1. The summed E-state index contributed by atoms with van der Waals surface area (Å²) in [5, 5.41) is 6.46. The van der Waals surface area contributed by atoms with Crippen LogP contribution < -0.4 is 10.6 Å². The van der Waals surface area contributed by atoms with E-state index in [1.165, 1.54) is 184 Å². The molecule has 5 aromatic carbocycles. The van der Waals surface area contributed by atoms with Crippen molar-refractivity contribution in [1.29, 1.82) is 0 Å². The maximum atomic E-state index is 11.2. The fourth-order valence-electron chi connectivity index (χ4n) is 9.55. The van der Waals surface area contributed by atoms with E-state index in [9.17, 15) is 33.6 Å². The number of nitrogens with one attached hydrogen (secondary N) is 2. The predicted molar refractivity (Wildman–Crippen MR) is 412 cm³/mol. The van der Waals surface area contributed by atoms with Crippen LogP contribution in [0.15, 0.2) is 140 Å². The second-order valence-corrected chi connectivity index (χ2v) is 28.3. The molecular weight excluding hydrogens is 1260 g/mol. The van der Waals surface area contributed by atoms with Crippen molar-refractivity contribution in [3.05, 3.63) is 188 Å². The maximum Gasteiger partial charge on any atom is 0.226 e. The van der Waals surface area contributed by atoms with E-state index in [1.54, 1.807) is 33.2 Å². The molecule has 2 N–H and O–H groups in total. The first kappa shape index (κ1) is 86.6. The van der Waals surface area contributed by atoms with Crippen molar-refractivity contribution < 1.29 is 33.6 Å². The Kier molecular flexibility index (Phi) is 46.5. The molecule has 98 heavy (non-hydrogen) atoms. The summed E-state index contributed by atoms with van der Waals surface area (Å²) in [5.74, 6) is 0.678. The van der Waals surface area contributed by atoms with E-state index in [1.807, 2.05) is 19.9 Å². The second-order valence-electron chi connectivity index (χ2n) is 25.8. The molecule has 0 unspecified atom stereocenters. The number of carbonyl (C=O) groups is 7. The Morgan fingerprint density at radius 1 is 0.316 bits per heavy atom. The largest absolute Gasteiger partial charge is 0.303 e. The Morgan fingerprint density at radius 3 is 0.776 bits per heavy atom. The lowest BCUT2D eigenvalue weighted by molar-refractivity contribution is -0.121. The van der Waals surface area contributed by atoms with Gasteiger partial charge in [-0.3, -0.25) is 24.0 Å². The average molecular weight is 1380 g/mol. The second kappa shape index (κ2) is 52.6. The van der Waals surface area contributed by atoms with Crippen LogP contribution >= 0.6 is 22.7 Å². The number of piperidine rings is 3. The number of nitrogens with zero attached hydrogens (tertiary/aromatic N) is 5. The van der Waals surface area contributed by atoms with Gasteiger partial charge in [-0.15, -0.1) is 22.7 Å². The molecule has 0 aliphatic carbocycles. The van der Waals surface area contributed by atoms with Crippen LogP contribution in [0.1, 0.15) is 186 Å². The lowest BCUT2D eigenvalue weighted by Crippen LogP contribution is -2.31. The first-order valence-corrected chi connectivity index (χ1v) is 36.7. The van der Waals surface area contributed by atoms with Crippen LogP contribution in [0.3, 0.4) is 0 Å². The van der Waals surface area contributed by atoms with Crippen molar-refractivity contribution in [2.45, 2.75) is 200 Å². The predicted octanol–water partition coefficient (Wildman–Crippen LogP) is 18.4. The minimum absolute atomic E-state index is 0.0236. The number of thiazole rings is 2. The summed E-state index contributed by atoms with van der Waals surface area (Å²) in [4.78, 5) is 92.9. The molecule has 10 rings (SSSR count). The third-order valence-electron chi connectivity index (χ3n) is 15.6. The third kappa shape index (κ3) is 47.5. The summed E-state index contributed by atoms with van der Waals surface area (Å²) in [6.07, 6.45) is 18.7. The lowest BCUT2D eigenvalue weighted by atomic mass is 10.0. The summed E-state index contributed by atoms with van der Waals surface area (Å²) >= 11 is 2.84. The molecule has 534 valence electrons. The zero-order valence-corrected chi connectivity index (χ0v) is 63.5. The van der Waals surface area contributed by atoms with Crippen LogP contribution in [0, 0.1) is 62.3 Å². The maximum absolute atomic E-state index is 11.2. The number of carbonyl (C=O) groups excluding carboxylic acids is 7. The van der Waals surface area contributed by atoms with Crippen molar-refractivity contribution in [3.8, 4) is 11.1 Å². The van der Waals surface area contributed by atoms with E-state index in [2.05, 4.69) is 205 Å². The van der Waals surface area contributed by atoms with Gasteiger partial charge in [-0.05, 0) is 186 Å². The van der Waals surface area contributed by atoms with Gasteiger partial charge in [0.25, 0.3) is 0 Å². The van der Waals surface area contributed by atoms with Gasteiger partial charge in [0.05, 0.1) is 0 Å². The molecule has 16 heteroatoms. The summed E-state index contributed by atoms with van der Waals surface area (Å²) in [6.45, 7) is 36.6. The molecule has 3 saturated heterocycles.